The molecule has 1 N–H and O–H groups in total. The second kappa shape index (κ2) is 5.93. The molecule has 4 nitrogen and oxygen atoms in total. The topological polar surface area (TPSA) is 50.7 Å². The van der Waals surface area contributed by atoms with E-state index in [4.69, 9.17) is 0 Å². The predicted octanol–water partition coefficient (Wildman–Crippen LogP) is 3.07. The van der Waals surface area contributed by atoms with Crippen molar-refractivity contribution >= 4 is 5.95 Å². The number of nitrogens with one attached hydrogen (secondary N) is 1. The fraction of sp³-hybridized carbons (Fsp3) is 0.0625. The van der Waals surface area contributed by atoms with Crippen LogP contribution in [0.4, 0.5) is 5.95 Å². The molecule has 0 aliphatic carbocycles. The van der Waals surface area contributed by atoms with Crippen LogP contribution in [-0.2, 0) is 0 Å². The fourth-order valence-electron chi connectivity index (χ4n) is 2.02. The lowest BCUT2D eigenvalue weighted by molar-refractivity contribution is 0.865. The van der Waals surface area contributed by atoms with Crippen molar-refractivity contribution in [2.75, 3.05) is 5.32 Å². The SMILES string of the molecule is c1ccc([C@H](Nc2ncccn2)c2ccccn2)cc1. The monoisotopic (exact) mass is 262 g/mol. The molecule has 4 heteroatoms. The summed E-state index contributed by atoms with van der Waals surface area (Å²) in [4.78, 5) is 12.9. The summed E-state index contributed by atoms with van der Waals surface area (Å²) in [6.07, 6.45) is 5.23. The molecular weight excluding hydrogens is 248 g/mol. The van der Waals surface area contributed by atoms with E-state index in [1.54, 1.807) is 24.7 Å². The van der Waals surface area contributed by atoms with Crippen LogP contribution in [0.3, 0.4) is 0 Å². The van der Waals surface area contributed by atoms with Crippen molar-refractivity contribution in [1.82, 2.24) is 15.0 Å². The van der Waals surface area contributed by atoms with Crippen molar-refractivity contribution in [3.63, 3.8) is 0 Å². The fourth-order valence-corrected chi connectivity index (χ4v) is 2.02. The molecule has 0 amide bonds. The van der Waals surface area contributed by atoms with Gasteiger partial charge >= 0.3 is 0 Å². The Morgan fingerprint density at radius 3 is 2.10 bits per heavy atom. The molecule has 2 aromatic heterocycles. The Morgan fingerprint density at radius 1 is 0.700 bits per heavy atom. The van der Waals surface area contributed by atoms with Gasteiger partial charge in [0, 0.05) is 18.6 Å². The van der Waals surface area contributed by atoms with Gasteiger partial charge in [-0.1, -0.05) is 36.4 Å². The van der Waals surface area contributed by atoms with Crippen LogP contribution in [-0.4, -0.2) is 15.0 Å². The highest BCUT2D eigenvalue weighted by Gasteiger charge is 2.15. The van der Waals surface area contributed by atoms with Crippen LogP contribution in [0, 0.1) is 0 Å². The molecule has 0 radical (unpaired) electrons. The Kier molecular flexibility index (Phi) is 3.64. The zero-order valence-electron chi connectivity index (χ0n) is 10.8. The third-order valence-electron chi connectivity index (χ3n) is 2.96. The zero-order chi connectivity index (χ0) is 13.6. The van der Waals surface area contributed by atoms with Crippen LogP contribution in [0.15, 0.2) is 73.2 Å². The number of aromatic nitrogens is 3. The first kappa shape index (κ1) is 12.3. The van der Waals surface area contributed by atoms with Gasteiger partial charge in [-0.15, -0.1) is 0 Å². The molecule has 0 aliphatic rings. The van der Waals surface area contributed by atoms with Gasteiger partial charge in [0.25, 0.3) is 0 Å². The average Bonchev–Trinajstić information content (AvgIpc) is 2.55. The minimum Gasteiger partial charge on any atom is -0.342 e. The van der Waals surface area contributed by atoms with Crippen LogP contribution in [0.2, 0.25) is 0 Å². The second-order valence-corrected chi connectivity index (χ2v) is 4.32. The number of hydrogen-bond donors (Lipinski definition) is 1. The molecule has 0 saturated heterocycles. The molecule has 3 aromatic rings. The van der Waals surface area contributed by atoms with E-state index in [-0.39, 0.29) is 6.04 Å². The first-order chi connectivity index (χ1) is 9.93. The maximum absolute atomic E-state index is 4.43. The lowest BCUT2D eigenvalue weighted by Gasteiger charge is -2.18. The molecule has 0 aliphatic heterocycles. The van der Waals surface area contributed by atoms with Gasteiger partial charge in [-0.3, -0.25) is 4.98 Å². The third-order valence-corrected chi connectivity index (χ3v) is 2.96. The molecule has 2 heterocycles. The quantitative estimate of drug-likeness (QED) is 0.785. The van der Waals surface area contributed by atoms with Gasteiger partial charge in [0.2, 0.25) is 5.95 Å². The van der Waals surface area contributed by atoms with Gasteiger partial charge < -0.3 is 5.32 Å². The molecule has 0 bridgehead atoms. The summed E-state index contributed by atoms with van der Waals surface area (Å²) in [6, 6.07) is 17.8. The summed E-state index contributed by atoms with van der Waals surface area (Å²) in [7, 11) is 0. The molecule has 0 spiro atoms. The number of hydrogen-bond acceptors (Lipinski definition) is 4. The number of anilines is 1. The Hall–Kier alpha value is -2.75. The highest BCUT2D eigenvalue weighted by atomic mass is 15.1. The van der Waals surface area contributed by atoms with E-state index in [1.165, 1.54) is 0 Å². The molecule has 20 heavy (non-hydrogen) atoms. The number of benzene rings is 1. The number of rotatable bonds is 4. The first-order valence-electron chi connectivity index (χ1n) is 6.43. The number of pyridine rings is 1. The highest BCUT2D eigenvalue weighted by molar-refractivity contribution is 5.37. The molecular formula is C16H14N4. The summed E-state index contributed by atoms with van der Waals surface area (Å²) < 4.78 is 0. The van der Waals surface area contributed by atoms with Gasteiger partial charge in [-0.2, -0.15) is 0 Å². The van der Waals surface area contributed by atoms with E-state index in [2.05, 4.69) is 32.4 Å². The average molecular weight is 262 g/mol. The Bertz CT molecular complexity index is 602. The Morgan fingerprint density at radius 2 is 1.40 bits per heavy atom. The summed E-state index contributed by atoms with van der Waals surface area (Å²) in [5.74, 6) is 0.590. The van der Waals surface area contributed by atoms with Crippen LogP contribution in [0.25, 0.3) is 0 Å². The highest BCUT2D eigenvalue weighted by Crippen LogP contribution is 2.23. The van der Waals surface area contributed by atoms with E-state index in [9.17, 15) is 0 Å². The van der Waals surface area contributed by atoms with Gasteiger partial charge in [0.1, 0.15) is 0 Å². The summed E-state index contributed by atoms with van der Waals surface area (Å²) >= 11 is 0. The first-order valence-corrected chi connectivity index (χ1v) is 6.43. The molecule has 1 atom stereocenters. The lowest BCUT2D eigenvalue weighted by atomic mass is 10.0. The minimum atomic E-state index is -0.0696. The van der Waals surface area contributed by atoms with E-state index in [0.717, 1.165) is 11.3 Å². The maximum Gasteiger partial charge on any atom is 0.223 e. The Balaban J connectivity index is 1.96. The van der Waals surface area contributed by atoms with Crippen molar-refractivity contribution in [2.24, 2.45) is 0 Å². The van der Waals surface area contributed by atoms with Crippen molar-refractivity contribution in [2.45, 2.75) is 6.04 Å². The van der Waals surface area contributed by atoms with Gasteiger partial charge in [0.05, 0.1) is 11.7 Å². The normalized spacial score (nSPS) is 11.8. The number of nitrogens with zero attached hydrogens (tertiary/aromatic N) is 3. The standard InChI is InChI=1S/C16H14N4/c1-2-7-13(8-3-1)15(14-9-4-5-10-17-14)20-16-18-11-6-12-19-16/h1-12,15H,(H,18,19,20)/t15-/m0/s1. The molecule has 98 valence electrons. The largest absolute Gasteiger partial charge is 0.342 e. The smallest absolute Gasteiger partial charge is 0.223 e. The predicted molar refractivity (Wildman–Crippen MR) is 78.2 cm³/mol. The van der Waals surface area contributed by atoms with Gasteiger partial charge in [0.15, 0.2) is 0 Å². The van der Waals surface area contributed by atoms with Crippen LogP contribution >= 0.6 is 0 Å². The molecule has 3 rings (SSSR count). The minimum absolute atomic E-state index is 0.0696. The second-order valence-electron chi connectivity index (χ2n) is 4.32. The van der Waals surface area contributed by atoms with Gasteiger partial charge in [-0.25, -0.2) is 9.97 Å². The summed E-state index contributed by atoms with van der Waals surface area (Å²) in [5.41, 5.74) is 2.06. The molecule has 0 unspecified atom stereocenters. The van der Waals surface area contributed by atoms with E-state index in [1.807, 2.05) is 36.4 Å². The van der Waals surface area contributed by atoms with Crippen LogP contribution < -0.4 is 5.32 Å². The lowest BCUT2D eigenvalue weighted by Crippen LogP contribution is -2.15. The van der Waals surface area contributed by atoms with Gasteiger partial charge in [-0.05, 0) is 23.8 Å². The van der Waals surface area contributed by atoms with Crippen LogP contribution in [0.5, 0.6) is 0 Å². The van der Waals surface area contributed by atoms with Crippen molar-refractivity contribution in [3.8, 4) is 0 Å². The third kappa shape index (κ3) is 2.80. The van der Waals surface area contributed by atoms with Crippen molar-refractivity contribution in [1.29, 1.82) is 0 Å². The van der Waals surface area contributed by atoms with Crippen molar-refractivity contribution in [3.05, 3.63) is 84.4 Å². The van der Waals surface area contributed by atoms with E-state index >= 15 is 0 Å². The van der Waals surface area contributed by atoms with E-state index < -0.39 is 0 Å². The molecule has 0 fully saturated rings. The van der Waals surface area contributed by atoms with E-state index in [0.29, 0.717) is 5.95 Å². The summed E-state index contributed by atoms with van der Waals surface area (Å²) in [5, 5.41) is 3.33. The zero-order valence-corrected chi connectivity index (χ0v) is 10.8. The molecule has 0 saturated carbocycles. The van der Waals surface area contributed by atoms with Crippen LogP contribution in [0.1, 0.15) is 17.3 Å². The summed E-state index contributed by atoms with van der Waals surface area (Å²) in [6.45, 7) is 0. The molecule has 1 aromatic carbocycles. The maximum atomic E-state index is 4.43. The van der Waals surface area contributed by atoms with Crippen molar-refractivity contribution < 1.29 is 0 Å². The Labute approximate surface area is 117 Å².